The normalized spacial score (nSPS) is 10.6. The lowest BCUT2D eigenvalue weighted by Gasteiger charge is -2.04. The second-order valence-electron chi connectivity index (χ2n) is 3.15. The van der Waals surface area contributed by atoms with Gasteiger partial charge in [0.1, 0.15) is 0 Å². The minimum Gasteiger partial charge on any atom is -0.375 e. The Morgan fingerprint density at radius 2 is 2.00 bits per heavy atom. The maximum Gasteiger partial charge on any atom is 0.180 e. The van der Waals surface area contributed by atoms with Crippen LogP contribution in [-0.2, 0) is 0 Å². The van der Waals surface area contributed by atoms with Crippen molar-refractivity contribution in [2.75, 3.05) is 5.73 Å². The van der Waals surface area contributed by atoms with Gasteiger partial charge in [-0.15, -0.1) is 11.3 Å². The molecule has 1 aromatic heterocycles. The molecule has 0 unspecified atom stereocenters. The predicted molar refractivity (Wildman–Crippen MR) is 72.1 cm³/mol. The molecule has 0 fully saturated rings. The van der Waals surface area contributed by atoms with Crippen molar-refractivity contribution in [1.82, 2.24) is 4.98 Å². The van der Waals surface area contributed by atoms with Crippen molar-refractivity contribution >= 4 is 48.3 Å². The summed E-state index contributed by atoms with van der Waals surface area (Å²) in [6, 6.07) is 4.11. The predicted octanol–water partition coefficient (Wildman–Crippen LogP) is 4.23. The number of thiazole rings is 1. The van der Waals surface area contributed by atoms with E-state index in [1.807, 2.05) is 18.4 Å². The molecule has 2 nitrogen and oxygen atoms in total. The third-order valence-corrected chi connectivity index (χ3v) is 4.23. The zero-order valence-electron chi connectivity index (χ0n) is 7.92. The Bertz CT molecular complexity index is 508. The van der Waals surface area contributed by atoms with E-state index in [2.05, 4.69) is 42.9 Å². The Balaban J connectivity index is 2.58. The van der Waals surface area contributed by atoms with Gasteiger partial charge in [0, 0.05) is 19.9 Å². The number of aromatic nitrogens is 1. The first-order valence-corrected chi connectivity index (χ1v) is 6.71. The molecule has 1 aromatic carbocycles. The van der Waals surface area contributed by atoms with Crippen LogP contribution >= 0.6 is 43.2 Å². The van der Waals surface area contributed by atoms with Gasteiger partial charge in [0.2, 0.25) is 0 Å². The minimum absolute atomic E-state index is 0.591. The van der Waals surface area contributed by atoms with Crippen LogP contribution in [0.1, 0.15) is 5.56 Å². The van der Waals surface area contributed by atoms with Crippen LogP contribution in [0.3, 0.4) is 0 Å². The molecule has 0 aliphatic heterocycles. The molecule has 2 rings (SSSR count). The van der Waals surface area contributed by atoms with Crippen LogP contribution in [0.2, 0.25) is 0 Å². The molecular formula is C10H8Br2N2S. The molecule has 1 heterocycles. The molecule has 0 radical (unpaired) electrons. The van der Waals surface area contributed by atoms with E-state index in [1.54, 1.807) is 0 Å². The number of hydrogen-bond donors (Lipinski definition) is 1. The molecule has 2 aromatic rings. The molecule has 0 atom stereocenters. The second-order valence-corrected chi connectivity index (χ2v) is 5.75. The molecule has 0 saturated carbocycles. The Morgan fingerprint density at radius 1 is 1.27 bits per heavy atom. The molecule has 0 aliphatic rings. The fourth-order valence-corrected chi connectivity index (χ4v) is 2.82. The van der Waals surface area contributed by atoms with Crippen LogP contribution in [0.5, 0.6) is 0 Å². The van der Waals surface area contributed by atoms with Gasteiger partial charge in [0.25, 0.3) is 0 Å². The number of nitrogens with zero attached hydrogens (tertiary/aromatic N) is 1. The topological polar surface area (TPSA) is 38.9 Å². The van der Waals surface area contributed by atoms with Gasteiger partial charge in [-0.1, -0.05) is 31.9 Å². The van der Waals surface area contributed by atoms with E-state index in [1.165, 1.54) is 16.9 Å². The van der Waals surface area contributed by atoms with Crippen molar-refractivity contribution in [1.29, 1.82) is 0 Å². The molecule has 5 heteroatoms. The highest BCUT2D eigenvalue weighted by Gasteiger charge is 2.09. The molecule has 0 spiro atoms. The largest absolute Gasteiger partial charge is 0.375 e. The van der Waals surface area contributed by atoms with Crippen LogP contribution in [-0.4, -0.2) is 4.98 Å². The van der Waals surface area contributed by atoms with Gasteiger partial charge in [-0.3, -0.25) is 0 Å². The van der Waals surface area contributed by atoms with Gasteiger partial charge in [-0.25, -0.2) is 4.98 Å². The maximum atomic E-state index is 5.61. The summed E-state index contributed by atoms with van der Waals surface area (Å²) in [6.07, 6.45) is 0. The first-order valence-electron chi connectivity index (χ1n) is 4.25. The number of hydrogen-bond acceptors (Lipinski definition) is 3. The highest BCUT2D eigenvalue weighted by atomic mass is 79.9. The average molecular weight is 348 g/mol. The molecule has 0 aliphatic carbocycles. The van der Waals surface area contributed by atoms with Crippen LogP contribution in [0.4, 0.5) is 5.13 Å². The number of nitrogens with two attached hydrogens (primary N) is 1. The van der Waals surface area contributed by atoms with Gasteiger partial charge in [0.05, 0.1) is 5.69 Å². The Labute approximate surface area is 109 Å². The third kappa shape index (κ3) is 2.24. The Kier molecular flexibility index (Phi) is 3.13. The molecule has 78 valence electrons. The van der Waals surface area contributed by atoms with E-state index in [0.29, 0.717) is 5.13 Å². The highest BCUT2D eigenvalue weighted by Crippen LogP contribution is 2.33. The monoisotopic (exact) mass is 346 g/mol. The zero-order chi connectivity index (χ0) is 11.0. The van der Waals surface area contributed by atoms with Crippen molar-refractivity contribution in [2.24, 2.45) is 0 Å². The summed E-state index contributed by atoms with van der Waals surface area (Å²) in [5.74, 6) is 0. The third-order valence-electron chi connectivity index (χ3n) is 2.05. The number of aryl methyl sites for hydroxylation is 1. The van der Waals surface area contributed by atoms with E-state index >= 15 is 0 Å². The minimum atomic E-state index is 0.591. The van der Waals surface area contributed by atoms with E-state index in [-0.39, 0.29) is 0 Å². The van der Waals surface area contributed by atoms with Crippen molar-refractivity contribution in [2.45, 2.75) is 6.92 Å². The molecule has 2 N–H and O–H groups in total. The highest BCUT2D eigenvalue weighted by molar-refractivity contribution is 9.11. The summed E-state index contributed by atoms with van der Waals surface area (Å²) in [4.78, 5) is 4.26. The van der Waals surface area contributed by atoms with Crippen molar-refractivity contribution in [3.63, 3.8) is 0 Å². The quantitative estimate of drug-likeness (QED) is 0.838. The van der Waals surface area contributed by atoms with Gasteiger partial charge in [-0.05, 0) is 24.6 Å². The molecule has 15 heavy (non-hydrogen) atoms. The number of rotatable bonds is 1. The molecule has 0 bridgehead atoms. The summed E-state index contributed by atoms with van der Waals surface area (Å²) >= 11 is 8.49. The van der Waals surface area contributed by atoms with Crippen molar-refractivity contribution < 1.29 is 0 Å². The van der Waals surface area contributed by atoms with Crippen molar-refractivity contribution in [3.05, 3.63) is 32.0 Å². The Morgan fingerprint density at radius 3 is 2.60 bits per heavy atom. The number of nitrogen functional groups attached to an aromatic ring is 1. The number of anilines is 1. The lowest BCUT2D eigenvalue weighted by molar-refractivity contribution is 1.36. The molecular weight excluding hydrogens is 340 g/mol. The summed E-state index contributed by atoms with van der Waals surface area (Å²) in [7, 11) is 0. The summed E-state index contributed by atoms with van der Waals surface area (Å²) < 4.78 is 2.11. The van der Waals surface area contributed by atoms with E-state index in [4.69, 9.17) is 5.73 Å². The smallest absolute Gasteiger partial charge is 0.180 e. The van der Waals surface area contributed by atoms with Gasteiger partial charge < -0.3 is 5.73 Å². The fourth-order valence-electron chi connectivity index (χ4n) is 1.25. The van der Waals surface area contributed by atoms with Gasteiger partial charge in [-0.2, -0.15) is 0 Å². The SMILES string of the molecule is Cc1cc(Br)c(-c2csc(N)n2)cc1Br. The van der Waals surface area contributed by atoms with Crippen LogP contribution in [0, 0.1) is 6.92 Å². The van der Waals surface area contributed by atoms with Crippen LogP contribution in [0.15, 0.2) is 26.5 Å². The van der Waals surface area contributed by atoms with Crippen LogP contribution < -0.4 is 5.73 Å². The van der Waals surface area contributed by atoms with Crippen LogP contribution in [0.25, 0.3) is 11.3 Å². The van der Waals surface area contributed by atoms with E-state index in [0.717, 1.165) is 20.2 Å². The first kappa shape index (κ1) is 11.1. The summed E-state index contributed by atoms with van der Waals surface area (Å²) in [5.41, 5.74) is 8.77. The van der Waals surface area contributed by atoms with Gasteiger partial charge >= 0.3 is 0 Å². The van der Waals surface area contributed by atoms with Crippen molar-refractivity contribution in [3.8, 4) is 11.3 Å². The molecule has 0 saturated heterocycles. The standard InChI is InChI=1S/C10H8Br2N2S/c1-5-2-8(12)6(3-7(5)11)9-4-15-10(13)14-9/h2-4H,1H3,(H2,13,14). The van der Waals surface area contributed by atoms with Gasteiger partial charge in [0.15, 0.2) is 5.13 Å². The zero-order valence-corrected chi connectivity index (χ0v) is 11.9. The summed E-state index contributed by atoms with van der Waals surface area (Å²) in [6.45, 7) is 2.05. The summed E-state index contributed by atoms with van der Waals surface area (Å²) in [5, 5.41) is 2.55. The fraction of sp³-hybridized carbons (Fsp3) is 0.100. The molecule has 0 amide bonds. The number of halogens is 2. The lowest BCUT2D eigenvalue weighted by atomic mass is 10.1. The van der Waals surface area contributed by atoms with E-state index in [9.17, 15) is 0 Å². The lowest BCUT2D eigenvalue weighted by Crippen LogP contribution is -1.86. The first-order chi connectivity index (χ1) is 7.08. The maximum absolute atomic E-state index is 5.61. The Hall–Kier alpha value is -0.390. The second kappa shape index (κ2) is 4.23. The van der Waals surface area contributed by atoms with E-state index < -0.39 is 0 Å². The average Bonchev–Trinajstić information content (AvgIpc) is 2.58. The number of benzene rings is 1.